The van der Waals surface area contributed by atoms with Crippen LogP contribution >= 0.6 is 11.6 Å². The summed E-state index contributed by atoms with van der Waals surface area (Å²) in [5.41, 5.74) is 2.14. The van der Waals surface area contributed by atoms with Gasteiger partial charge in [0.1, 0.15) is 12.7 Å². The second kappa shape index (κ2) is 12.8. The number of benzene rings is 2. The lowest BCUT2D eigenvalue weighted by Crippen LogP contribution is -2.37. The number of nitrogens with one attached hydrogen (secondary N) is 1. The zero-order chi connectivity index (χ0) is 21.8. The summed E-state index contributed by atoms with van der Waals surface area (Å²) in [4.78, 5) is 12.6. The molecule has 0 unspecified atom stereocenters. The first-order valence-corrected chi connectivity index (χ1v) is 10.3. The monoisotopic (exact) mass is 429 g/mol. The van der Waals surface area contributed by atoms with E-state index in [1.54, 1.807) is 7.11 Å². The Bertz CT molecular complexity index is 845. The van der Waals surface area contributed by atoms with E-state index < -0.39 is 6.10 Å². The zero-order valence-corrected chi connectivity index (χ0v) is 18.2. The van der Waals surface area contributed by atoms with Gasteiger partial charge in [-0.3, -0.25) is 4.79 Å². The predicted octanol–water partition coefficient (Wildman–Crippen LogP) is 4.06. The number of aryl methyl sites for hydroxylation is 1. The van der Waals surface area contributed by atoms with Crippen LogP contribution in [0.3, 0.4) is 0 Å². The van der Waals surface area contributed by atoms with E-state index in [1.807, 2.05) is 49.4 Å². The van der Waals surface area contributed by atoms with E-state index in [1.165, 1.54) is 0 Å². The van der Waals surface area contributed by atoms with Crippen molar-refractivity contribution in [2.45, 2.75) is 32.3 Å². The molecule has 0 aliphatic heterocycles. The molecule has 6 heteroatoms. The Balaban J connectivity index is 1.86. The molecule has 0 fully saturated rings. The van der Waals surface area contributed by atoms with Crippen molar-refractivity contribution in [2.24, 2.45) is 0 Å². The molecule has 0 bridgehead atoms. The molecule has 30 heavy (non-hydrogen) atoms. The van der Waals surface area contributed by atoms with E-state index in [2.05, 4.69) is 11.2 Å². The van der Waals surface area contributed by atoms with Crippen molar-refractivity contribution in [3.8, 4) is 23.8 Å². The first-order valence-electron chi connectivity index (χ1n) is 9.94. The molecular formula is C24H28ClNO4. The van der Waals surface area contributed by atoms with Gasteiger partial charge in [-0.1, -0.05) is 35.7 Å². The van der Waals surface area contributed by atoms with E-state index in [9.17, 15) is 4.79 Å². The maximum absolute atomic E-state index is 12.6. The lowest BCUT2D eigenvalue weighted by Gasteiger charge is -2.17. The second-order valence-corrected chi connectivity index (χ2v) is 7.06. The average Bonchev–Trinajstić information content (AvgIpc) is 2.76. The molecule has 0 aliphatic rings. The molecule has 1 N–H and O–H groups in total. The molecule has 0 heterocycles. The van der Waals surface area contributed by atoms with Gasteiger partial charge in [-0.15, -0.1) is 6.42 Å². The van der Waals surface area contributed by atoms with Crippen LogP contribution in [-0.4, -0.2) is 38.9 Å². The summed E-state index contributed by atoms with van der Waals surface area (Å²) < 4.78 is 16.5. The summed E-state index contributed by atoms with van der Waals surface area (Å²) in [5, 5.41) is 3.66. The molecule has 1 atom stereocenters. The van der Waals surface area contributed by atoms with E-state index in [-0.39, 0.29) is 12.5 Å². The van der Waals surface area contributed by atoms with Crippen LogP contribution in [0.25, 0.3) is 0 Å². The number of hydrogen-bond acceptors (Lipinski definition) is 4. The maximum Gasteiger partial charge on any atom is 0.249 e. The molecular weight excluding hydrogens is 402 g/mol. The number of hydrogen-bond donors (Lipinski definition) is 1. The highest BCUT2D eigenvalue weighted by Gasteiger charge is 2.18. The van der Waals surface area contributed by atoms with E-state index in [0.29, 0.717) is 42.5 Å². The van der Waals surface area contributed by atoms with Gasteiger partial charge in [-0.25, -0.2) is 0 Å². The molecule has 1 amide bonds. The average molecular weight is 430 g/mol. The van der Waals surface area contributed by atoms with Gasteiger partial charge in [0.05, 0.1) is 7.11 Å². The van der Waals surface area contributed by atoms with Gasteiger partial charge in [0, 0.05) is 18.2 Å². The van der Waals surface area contributed by atoms with Crippen LogP contribution in [0.1, 0.15) is 24.5 Å². The van der Waals surface area contributed by atoms with Crippen molar-refractivity contribution in [3.63, 3.8) is 0 Å². The molecule has 5 nitrogen and oxygen atoms in total. The van der Waals surface area contributed by atoms with Crippen molar-refractivity contribution in [2.75, 3.05) is 26.9 Å². The predicted molar refractivity (Wildman–Crippen MR) is 119 cm³/mol. The fraction of sp³-hybridized carbons (Fsp3) is 0.375. The Labute approximate surface area is 183 Å². The van der Waals surface area contributed by atoms with Crippen LogP contribution < -0.4 is 14.8 Å². The third kappa shape index (κ3) is 7.62. The van der Waals surface area contributed by atoms with Gasteiger partial charge >= 0.3 is 0 Å². The summed E-state index contributed by atoms with van der Waals surface area (Å²) in [6, 6.07) is 13.3. The first-order chi connectivity index (χ1) is 14.6. The Morgan fingerprint density at radius 3 is 2.53 bits per heavy atom. The molecule has 2 rings (SSSR count). The van der Waals surface area contributed by atoms with Crippen LogP contribution in [0.5, 0.6) is 11.5 Å². The highest BCUT2D eigenvalue weighted by Crippen LogP contribution is 2.28. The lowest BCUT2D eigenvalue weighted by molar-refractivity contribution is -0.132. The van der Waals surface area contributed by atoms with Gasteiger partial charge in [0.2, 0.25) is 5.91 Å². The highest BCUT2D eigenvalue weighted by molar-refractivity contribution is 6.30. The standard InChI is InChI=1S/C24H28ClNO4/c1-4-16-30-21-12-9-19(17-23(21)28-3)14-15-26-24(27)22(29-5-2)13-8-18-6-10-20(25)11-7-18/h1,6-7,9-12,17,22H,5,8,13-16H2,2-3H3,(H,26,27)/t22-/m1/s1. The number of ether oxygens (including phenoxy) is 3. The van der Waals surface area contributed by atoms with E-state index in [4.69, 9.17) is 32.2 Å². The number of carbonyl (C=O) groups is 1. The quantitative estimate of drug-likeness (QED) is 0.517. The van der Waals surface area contributed by atoms with E-state index in [0.717, 1.165) is 17.5 Å². The third-order valence-corrected chi connectivity index (χ3v) is 4.77. The van der Waals surface area contributed by atoms with Crippen LogP contribution in [0, 0.1) is 12.3 Å². The summed E-state index contributed by atoms with van der Waals surface area (Å²) in [5.74, 6) is 3.54. The Kier molecular flexibility index (Phi) is 10.1. The van der Waals surface area contributed by atoms with Gasteiger partial charge < -0.3 is 19.5 Å². The topological polar surface area (TPSA) is 56.8 Å². The molecule has 160 valence electrons. The molecule has 2 aromatic carbocycles. The minimum absolute atomic E-state index is 0.105. The fourth-order valence-corrected chi connectivity index (χ4v) is 3.12. The van der Waals surface area contributed by atoms with Crippen molar-refractivity contribution in [1.82, 2.24) is 5.32 Å². The normalized spacial score (nSPS) is 11.4. The van der Waals surface area contributed by atoms with Gasteiger partial charge in [0.15, 0.2) is 11.5 Å². The maximum atomic E-state index is 12.6. The van der Waals surface area contributed by atoms with Gasteiger partial charge in [-0.2, -0.15) is 0 Å². The summed E-state index contributed by atoms with van der Waals surface area (Å²) in [6.07, 6.45) is 6.75. The van der Waals surface area contributed by atoms with Crippen molar-refractivity contribution >= 4 is 17.5 Å². The second-order valence-electron chi connectivity index (χ2n) is 6.63. The minimum Gasteiger partial charge on any atom is -0.493 e. The number of halogens is 1. The largest absolute Gasteiger partial charge is 0.493 e. The fourth-order valence-electron chi connectivity index (χ4n) is 2.99. The van der Waals surface area contributed by atoms with Gasteiger partial charge in [-0.05, 0) is 61.6 Å². The van der Waals surface area contributed by atoms with E-state index >= 15 is 0 Å². The van der Waals surface area contributed by atoms with Crippen molar-refractivity contribution in [3.05, 3.63) is 58.6 Å². The van der Waals surface area contributed by atoms with Crippen molar-refractivity contribution in [1.29, 1.82) is 0 Å². The SMILES string of the molecule is C#CCOc1ccc(CCNC(=O)[C@@H](CCc2ccc(Cl)cc2)OCC)cc1OC. The summed E-state index contributed by atoms with van der Waals surface area (Å²) >= 11 is 5.92. The molecule has 0 aliphatic carbocycles. The van der Waals surface area contributed by atoms with Crippen LogP contribution in [0.4, 0.5) is 0 Å². The molecule has 0 saturated carbocycles. The number of amides is 1. The van der Waals surface area contributed by atoms with Crippen molar-refractivity contribution < 1.29 is 19.0 Å². The Morgan fingerprint density at radius 2 is 1.87 bits per heavy atom. The van der Waals surface area contributed by atoms with Gasteiger partial charge in [0.25, 0.3) is 0 Å². The highest BCUT2D eigenvalue weighted by atomic mass is 35.5. The number of methoxy groups -OCH3 is 1. The Hall–Kier alpha value is -2.68. The third-order valence-electron chi connectivity index (χ3n) is 4.52. The Morgan fingerprint density at radius 1 is 1.13 bits per heavy atom. The smallest absolute Gasteiger partial charge is 0.249 e. The molecule has 0 saturated heterocycles. The molecule has 0 spiro atoms. The number of rotatable bonds is 12. The van der Waals surface area contributed by atoms with Crippen LogP contribution in [0.15, 0.2) is 42.5 Å². The molecule has 2 aromatic rings. The summed E-state index contributed by atoms with van der Waals surface area (Å²) in [7, 11) is 1.58. The first kappa shape index (κ1) is 23.6. The minimum atomic E-state index is -0.486. The number of terminal acetylenes is 1. The summed E-state index contributed by atoms with van der Waals surface area (Å²) in [6.45, 7) is 3.05. The molecule has 0 radical (unpaired) electrons. The van der Waals surface area contributed by atoms with Crippen LogP contribution in [-0.2, 0) is 22.4 Å². The van der Waals surface area contributed by atoms with Crippen LogP contribution in [0.2, 0.25) is 5.02 Å². The molecule has 0 aromatic heterocycles. The zero-order valence-electron chi connectivity index (χ0n) is 17.4. The number of carbonyl (C=O) groups excluding carboxylic acids is 1. The lowest BCUT2D eigenvalue weighted by atomic mass is 10.1.